The van der Waals surface area contributed by atoms with Crippen LogP contribution in [-0.4, -0.2) is 31.6 Å². The first-order chi connectivity index (χ1) is 8.66. The first kappa shape index (κ1) is 14.0. The van der Waals surface area contributed by atoms with E-state index in [-0.39, 0.29) is 0 Å². The number of hydrogen-bond donors (Lipinski definition) is 1. The quantitative estimate of drug-likeness (QED) is 0.916. The summed E-state index contributed by atoms with van der Waals surface area (Å²) < 4.78 is 1.17. The molecule has 1 N–H and O–H groups in total. The van der Waals surface area contributed by atoms with Crippen LogP contribution in [-0.2, 0) is 0 Å². The molecule has 2 nitrogen and oxygen atoms in total. The van der Waals surface area contributed by atoms with Gasteiger partial charge in [-0.05, 0) is 63.5 Å². The molecule has 0 saturated carbocycles. The SMILES string of the molecule is CC(c1cccc(Br)c1)N(C)CC1CCNCC1. The van der Waals surface area contributed by atoms with E-state index in [1.165, 1.54) is 42.5 Å². The van der Waals surface area contributed by atoms with Gasteiger partial charge in [-0.15, -0.1) is 0 Å². The molecule has 100 valence electrons. The Hall–Kier alpha value is -0.380. The van der Waals surface area contributed by atoms with Crippen molar-refractivity contribution in [2.24, 2.45) is 5.92 Å². The number of nitrogens with zero attached hydrogens (tertiary/aromatic N) is 1. The molecule has 1 aliphatic heterocycles. The molecule has 0 spiro atoms. The molecule has 3 heteroatoms. The second kappa shape index (κ2) is 6.69. The molecule has 1 heterocycles. The maximum atomic E-state index is 3.55. The van der Waals surface area contributed by atoms with E-state index in [1.807, 2.05) is 0 Å². The molecule has 1 saturated heterocycles. The predicted molar refractivity (Wildman–Crippen MR) is 80.8 cm³/mol. The molecular weight excluding hydrogens is 288 g/mol. The number of hydrogen-bond acceptors (Lipinski definition) is 2. The number of piperidine rings is 1. The van der Waals surface area contributed by atoms with Crippen LogP contribution in [0.4, 0.5) is 0 Å². The van der Waals surface area contributed by atoms with Gasteiger partial charge in [0.05, 0.1) is 0 Å². The van der Waals surface area contributed by atoms with Crippen LogP contribution in [0.3, 0.4) is 0 Å². The van der Waals surface area contributed by atoms with Crippen molar-refractivity contribution in [3.05, 3.63) is 34.3 Å². The van der Waals surface area contributed by atoms with Crippen molar-refractivity contribution in [1.29, 1.82) is 0 Å². The molecule has 0 bridgehead atoms. The zero-order chi connectivity index (χ0) is 13.0. The van der Waals surface area contributed by atoms with E-state index in [9.17, 15) is 0 Å². The molecule has 0 amide bonds. The Morgan fingerprint density at radius 3 is 2.78 bits per heavy atom. The standard InChI is InChI=1S/C15H23BrN2/c1-12(14-4-3-5-15(16)10-14)18(2)11-13-6-8-17-9-7-13/h3-5,10,12-13,17H,6-9,11H2,1-2H3. The van der Waals surface area contributed by atoms with Gasteiger partial charge in [0.2, 0.25) is 0 Å². The molecule has 1 aromatic rings. The summed E-state index contributed by atoms with van der Waals surface area (Å²) in [6, 6.07) is 9.13. The molecule has 1 aliphatic rings. The van der Waals surface area contributed by atoms with Gasteiger partial charge < -0.3 is 5.32 Å². The van der Waals surface area contributed by atoms with Crippen molar-refractivity contribution in [2.45, 2.75) is 25.8 Å². The average molecular weight is 311 g/mol. The van der Waals surface area contributed by atoms with Gasteiger partial charge >= 0.3 is 0 Å². The normalized spacial score (nSPS) is 19.1. The van der Waals surface area contributed by atoms with Crippen LogP contribution in [0.2, 0.25) is 0 Å². The summed E-state index contributed by atoms with van der Waals surface area (Å²) >= 11 is 3.55. The summed E-state index contributed by atoms with van der Waals surface area (Å²) in [6.45, 7) is 5.87. The third-order valence-corrected chi connectivity index (χ3v) is 4.49. The lowest BCUT2D eigenvalue weighted by molar-refractivity contribution is 0.196. The van der Waals surface area contributed by atoms with Crippen LogP contribution in [0.5, 0.6) is 0 Å². The Balaban J connectivity index is 1.93. The molecule has 1 unspecified atom stereocenters. The summed E-state index contributed by atoms with van der Waals surface area (Å²) in [5.74, 6) is 0.853. The molecule has 0 aromatic heterocycles. The number of nitrogens with one attached hydrogen (secondary N) is 1. The second-order valence-corrected chi connectivity index (χ2v) is 6.28. The van der Waals surface area contributed by atoms with Crippen LogP contribution in [0.25, 0.3) is 0 Å². The molecule has 18 heavy (non-hydrogen) atoms. The van der Waals surface area contributed by atoms with Gasteiger partial charge in [0.25, 0.3) is 0 Å². The fraction of sp³-hybridized carbons (Fsp3) is 0.600. The van der Waals surface area contributed by atoms with Gasteiger partial charge in [0, 0.05) is 17.1 Å². The van der Waals surface area contributed by atoms with Gasteiger partial charge in [0.15, 0.2) is 0 Å². The lowest BCUT2D eigenvalue weighted by Crippen LogP contribution is -2.35. The van der Waals surface area contributed by atoms with Crippen molar-refractivity contribution in [3.63, 3.8) is 0 Å². The number of rotatable bonds is 4. The van der Waals surface area contributed by atoms with Crippen molar-refractivity contribution in [2.75, 3.05) is 26.7 Å². The summed E-state index contributed by atoms with van der Waals surface area (Å²) in [4.78, 5) is 2.48. The Kier molecular flexibility index (Phi) is 5.22. The van der Waals surface area contributed by atoms with E-state index < -0.39 is 0 Å². The van der Waals surface area contributed by atoms with E-state index in [4.69, 9.17) is 0 Å². The first-order valence-electron chi connectivity index (χ1n) is 6.83. The van der Waals surface area contributed by atoms with Gasteiger partial charge in [-0.1, -0.05) is 28.1 Å². The summed E-state index contributed by atoms with van der Waals surface area (Å²) in [6.07, 6.45) is 2.63. The summed E-state index contributed by atoms with van der Waals surface area (Å²) in [5, 5.41) is 3.43. The minimum atomic E-state index is 0.484. The zero-order valence-electron chi connectivity index (χ0n) is 11.3. The lowest BCUT2D eigenvalue weighted by atomic mass is 9.96. The fourth-order valence-electron chi connectivity index (χ4n) is 2.65. The lowest BCUT2D eigenvalue weighted by Gasteiger charge is -2.31. The van der Waals surface area contributed by atoms with Crippen LogP contribution in [0, 0.1) is 5.92 Å². The smallest absolute Gasteiger partial charge is 0.0317 e. The van der Waals surface area contributed by atoms with E-state index in [0.29, 0.717) is 6.04 Å². The second-order valence-electron chi connectivity index (χ2n) is 5.36. The molecule has 1 aromatic carbocycles. The van der Waals surface area contributed by atoms with Gasteiger partial charge in [0.1, 0.15) is 0 Å². The maximum Gasteiger partial charge on any atom is 0.0317 e. The topological polar surface area (TPSA) is 15.3 Å². The van der Waals surface area contributed by atoms with Crippen LogP contribution < -0.4 is 5.32 Å². The molecule has 1 atom stereocenters. The fourth-order valence-corrected chi connectivity index (χ4v) is 3.07. The monoisotopic (exact) mass is 310 g/mol. The Morgan fingerprint density at radius 2 is 2.11 bits per heavy atom. The zero-order valence-corrected chi connectivity index (χ0v) is 12.9. The Bertz CT molecular complexity index is 375. The van der Waals surface area contributed by atoms with Crippen LogP contribution in [0.1, 0.15) is 31.4 Å². The number of benzene rings is 1. The Labute approximate surface area is 119 Å². The van der Waals surface area contributed by atoms with E-state index in [1.54, 1.807) is 0 Å². The van der Waals surface area contributed by atoms with E-state index in [0.717, 1.165) is 5.92 Å². The van der Waals surface area contributed by atoms with Gasteiger partial charge in [-0.2, -0.15) is 0 Å². The van der Waals surface area contributed by atoms with Crippen molar-refractivity contribution in [1.82, 2.24) is 10.2 Å². The van der Waals surface area contributed by atoms with Crippen molar-refractivity contribution < 1.29 is 0 Å². The van der Waals surface area contributed by atoms with E-state index >= 15 is 0 Å². The highest BCUT2D eigenvalue weighted by molar-refractivity contribution is 9.10. The average Bonchev–Trinajstić information content (AvgIpc) is 2.39. The number of halogens is 1. The Morgan fingerprint density at radius 1 is 1.39 bits per heavy atom. The predicted octanol–water partition coefficient (Wildman–Crippen LogP) is 3.44. The van der Waals surface area contributed by atoms with Crippen LogP contribution >= 0.6 is 15.9 Å². The summed E-state index contributed by atoms with van der Waals surface area (Å²) in [5.41, 5.74) is 1.39. The van der Waals surface area contributed by atoms with Crippen molar-refractivity contribution >= 4 is 15.9 Å². The third-order valence-electron chi connectivity index (χ3n) is 4.00. The minimum absolute atomic E-state index is 0.484. The highest BCUT2D eigenvalue weighted by Gasteiger charge is 2.18. The van der Waals surface area contributed by atoms with Crippen LogP contribution in [0.15, 0.2) is 28.7 Å². The third kappa shape index (κ3) is 3.81. The molecule has 2 rings (SSSR count). The van der Waals surface area contributed by atoms with Gasteiger partial charge in [-0.3, -0.25) is 4.90 Å². The molecular formula is C15H23BrN2. The summed E-state index contributed by atoms with van der Waals surface area (Å²) in [7, 11) is 2.24. The largest absolute Gasteiger partial charge is 0.317 e. The minimum Gasteiger partial charge on any atom is -0.317 e. The van der Waals surface area contributed by atoms with E-state index in [2.05, 4.69) is 64.4 Å². The molecule has 0 radical (unpaired) electrons. The molecule has 0 aliphatic carbocycles. The molecule has 1 fully saturated rings. The van der Waals surface area contributed by atoms with Crippen molar-refractivity contribution in [3.8, 4) is 0 Å². The maximum absolute atomic E-state index is 3.55. The highest BCUT2D eigenvalue weighted by atomic mass is 79.9. The first-order valence-corrected chi connectivity index (χ1v) is 7.62. The highest BCUT2D eigenvalue weighted by Crippen LogP contribution is 2.24. The van der Waals surface area contributed by atoms with Gasteiger partial charge in [-0.25, -0.2) is 0 Å².